The van der Waals surface area contributed by atoms with Gasteiger partial charge in [-0.15, -0.1) is 0 Å². The molecule has 0 fully saturated rings. The fourth-order valence-corrected chi connectivity index (χ4v) is 3.63. The Balaban J connectivity index is 2.30. The molecule has 0 aliphatic carbocycles. The zero-order valence-electron chi connectivity index (χ0n) is 19.1. The number of hydrogen-bond donors (Lipinski definition) is 1. The number of amides is 2. The molecule has 1 unspecified atom stereocenters. The predicted octanol–water partition coefficient (Wildman–Crippen LogP) is 5.10. The lowest BCUT2D eigenvalue weighted by atomic mass is 10.1. The van der Waals surface area contributed by atoms with Crippen LogP contribution in [0.3, 0.4) is 0 Å². The molecular formula is C24H30Cl2N2O4. The third-order valence-electron chi connectivity index (χ3n) is 4.66. The van der Waals surface area contributed by atoms with Crippen molar-refractivity contribution in [2.75, 3.05) is 13.7 Å². The summed E-state index contributed by atoms with van der Waals surface area (Å²) in [6, 6.07) is 11.4. The van der Waals surface area contributed by atoms with Crippen molar-refractivity contribution in [3.63, 3.8) is 0 Å². The van der Waals surface area contributed by atoms with Gasteiger partial charge in [0.2, 0.25) is 5.91 Å². The molecule has 6 nitrogen and oxygen atoms in total. The Kier molecular flexibility index (Phi) is 9.22. The predicted molar refractivity (Wildman–Crippen MR) is 127 cm³/mol. The Morgan fingerprint density at radius 3 is 2.31 bits per heavy atom. The molecule has 2 rings (SSSR count). The van der Waals surface area contributed by atoms with E-state index in [9.17, 15) is 9.59 Å². The minimum absolute atomic E-state index is 0.139. The van der Waals surface area contributed by atoms with Crippen LogP contribution >= 0.6 is 23.2 Å². The quantitative estimate of drug-likeness (QED) is 0.541. The van der Waals surface area contributed by atoms with Crippen molar-refractivity contribution in [1.29, 1.82) is 0 Å². The second-order valence-corrected chi connectivity index (χ2v) is 9.20. The van der Waals surface area contributed by atoms with Gasteiger partial charge in [0.15, 0.2) is 18.1 Å². The number of rotatable bonds is 9. The fourth-order valence-electron chi connectivity index (χ4n) is 3.17. The Bertz CT molecular complexity index is 944. The van der Waals surface area contributed by atoms with E-state index in [4.69, 9.17) is 32.7 Å². The molecule has 0 saturated carbocycles. The van der Waals surface area contributed by atoms with Gasteiger partial charge in [-0.05, 0) is 57.0 Å². The number of nitrogens with one attached hydrogen (secondary N) is 1. The molecule has 8 heteroatoms. The number of para-hydroxylation sites is 2. The number of carbonyl (C=O) groups excluding carboxylic acids is 2. The molecule has 2 amide bonds. The monoisotopic (exact) mass is 480 g/mol. The highest BCUT2D eigenvalue weighted by molar-refractivity contribution is 6.35. The van der Waals surface area contributed by atoms with Gasteiger partial charge in [0, 0.05) is 22.1 Å². The van der Waals surface area contributed by atoms with Crippen molar-refractivity contribution in [3.8, 4) is 11.5 Å². The number of nitrogens with zero attached hydrogens (tertiary/aromatic N) is 1. The van der Waals surface area contributed by atoms with E-state index in [0.29, 0.717) is 33.5 Å². The third kappa shape index (κ3) is 7.31. The molecule has 0 radical (unpaired) electrons. The van der Waals surface area contributed by atoms with Gasteiger partial charge >= 0.3 is 0 Å². The van der Waals surface area contributed by atoms with Crippen molar-refractivity contribution in [3.05, 3.63) is 58.1 Å². The van der Waals surface area contributed by atoms with Crippen molar-refractivity contribution < 1.29 is 19.1 Å². The number of benzene rings is 2. The summed E-state index contributed by atoms with van der Waals surface area (Å²) in [5, 5.41) is 3.88. The van der Waals surface area contributed by atoms with Crippen LogP contribution < -0.4 is 14.8 Å². The molecule has 1 atom stereocenters. The number of methoxy groups -OCH3 is 1. The first-order valence-corrected chi connectivity index (χ1v) is 11.1. The van der Waals surface area contributed by atoms with Gasteiger partial charge < -0.3 is 19.7 Å². The van der Waals surface area contributed by atoms with Crippen LogP contribution in [0.2, 0.25) is 10.0 Å². The van der Waals surface area contributed by atoms with Crippen LogP contribution in [0.4, 0.5) is 0 Å². The lowest BCUT2D eigenvalue weighted by molar-refractivity contribution is -0.143. The van der Waals surface area contributed by atoms with Gasteiger partial charge in [-0.25, -0.2) is 0 Å². The Labute approximate surface area is 199 Å². The Morgan fingerprint density at radius 2 is 1.75 bits per heavy atom. The fraction of sp³-hybridized carbons (Fsp3) is 0.417. The number of halogens is 2. The topological polar surface area (TPSA) is 67.9 Å². The Hall–Kier alpha value is -2.44. The molecular weight excluding hydrogens is 451 g/mol. The molecule has 174 valence electrons. The zero-order chi connectivity index (χ0) is 23.9. The molecule has 0 spiro atoms. The van der Waals surface area contributed by atoms with E-state index >= 15 is 0 Å². The molecule has 32 heavy (non-hydrogen) atoms. The molecule has 0 aliphatic heterocycles. The van der Waals surface area contributed by atoms with E-state index < -0.39 is 11.6 Å². The van der Waals surface area contributed by atoms with Crippen LogP contribution in [-0.2, 0) is 16.1 Å². The van der Waals surface area contributed by atoms with E-state index in [1.54, 1.807) is 36.4 Å². The summed E-state index contributed by atoms with van der Waals surface area (Å²) in [6.07, 6.45) is 0.424. The summed E-state index contributed by atoms with van der Waals surface area (Å²) in [7, 11) is 1.53. The summed E-state index contributed by atoms with van der Waals surface area (Å²) in [5.41, 5.74) is 0.245. The van der Waals surface area contributed by atoms with E-state index in [1.807, 2.05) is 33.8 Å². The highest BCUT2D eigenvalue weighted by Crippen LogP contribution is 2.27. The average Bonchev–Trinajstić information content (AvgIpc) is 2.72. The molecule has 2 aromatic carbocycles. The normalized spacial score (nSPS) is 12.1. The minimum atomic E-state index is -0.699. The van der Waals surface area contributed by atoms with Gasteiger partial charge in [0.25, 0.3) is 5.91 Å². The van der Waals surface area contributed by atoms with Crippen molar-refractivity contribution in [2.45, 2.75) is 52.2 Å². The van der Waals surface area contributed by atoms with Gasteiger partial charge in [0.05, 0.1) is 7.11 Å². The maximum Gasteiger partial charge on any atom is 0.261 e. The molecule has 2 aromatic rings. The van der Waals surface area contributed by atoms with Crippen molar-refractivity contribution in [1.82, 2.24) is 10.2 Å². The first-order valence-electron chi connectivity index (χ1n) is 10.4. The summed E-state index contributed by atoms with van der Waals surface area (Å²) < 4.78 is 11.0. The first-order chi connectivity index (χ1) is 15.1. The Morgan fingerprint density at radius 1 is 1.09 bits per heavy atom. The molecule has 0 heterocycles. The lowest BCUT2D eigenvalue weighted by Gasteiger charge is -2.33. The largest absolute Gasteiger partial charge is 0.493 e. The van der Waals surface area contributed by atoms with Crippen LogP contribution in [0.25, 0.3) is 0 Å². The van der Waals surface area contributed by atoms with Crippen LogP contribution in [-0.4, -0.2) is 42.0 Å². The van der Waals surface area contributed by atoms with E-state index in [1.165, 1.54) is 12.0 Å². The summed E-state index contributed by atoms with van der Waals surface area (Å²) in [5.74, 6) is 0.374. The zero-order valence-corrected chi connectivity index (χ0v) is 20.6. The van der Waals surface area contributed by atoms with E-state index in [0.717, 1.165) is 0 Å². The maximum atomic E-state index is 13.3. The molecule has 1 N–H and O–H groups in total. The van der Waals surface area contributed by atoms with Gasteiger partial charge in [-0.3, -0.25) is 9.59 Å². The summed E-state index contributed by atoms with van der Waals surface area (Å²) in [6.45, 7) is 7.42. The SMILES string of the molecule is CCC(C(=O)NC(C)(C)C)N(Cc1ccc(Cl)cc1Cl)C(=O)COc1ccccc1OC. The summed E-state index contributed by atoms with van der Waals surface area (Å²) >= 11 is 12.4. The highest BCUT2D eigenvalue weighted by atomic mass is 35.5. The molecule has 0 bridgehead atoms. The molecule has 0 aromatic heterocycles. The van der Waals surface area contributed by atoms with Crippen LogP contribution in [0.1, 0.15) is 39.7 Å². The number of carbonyl (C=O) groups is 2. The van der Waals surface area contributed by atoms with E-state index in [2.05, 4.69) is 5.32 Å². The molecule has 0 saturated heterocycles. The smallest absolute Gasteiger partial charge is 0.261 e. The van der Waals surface area contributed by atoms with Gasteiger partial charge in [-0.1, -0.05) is 48.3 Å². The summed E-state index contributed by atoms with van der Waals surface area (Å²) in [4.78, 5) is 27.8. The van der Waals surface area contributed by atoms with Crippen molar-refractivity contribution >= 4 is 35.0 Å². The second kappa shape index (κ2) is 11.4. The molecule has 0 aliphatic rings. The lowest BCUT2D eigenvalue weighted by Crippen LogP contribution is -2.54. The van der Waals surface area contributed by atoms with Gasteiger partial charge in [-0.2, -0.15) is 0 Å². The van der Waals surface area contributed by atoms with Gasteiger partial charge in [0.1, 0.15) is 6.04 Å². The third-order valence-corrected chi connectivity index (χ3v) is 5.25. The van der Waals surface area contributed by atoms with Crippen LogP contribution in [0.15, 0.2) is 42.5 Å². The van der Waals surface area contributed by atoms with E-state index in [-0.39, 0.29) is 25.0 Å². The van der Waals surface area contributed by atoms with Crippen LogP contribution in [0, 0.1) is 0 Å². The number of hydrogen-bond acceptors (Lipinski definition) is 4. The second-order valence-electron chi connectivity index (χ2n) is 8.36. The highest BCUT2D eigenvalue weighted by Gasteiger charge is 2.31. The number of ether oxygens (including phenoxy) is 2. The first kappa shape index (κ1) is 25.8. The van der Waals surface area contributed by atoms with Crippen LogP contribution in [0.5, 0.6) is 11.5 Å². The van der Waals surface area contributed by atoms with Crippen molar-refractivity contribution in [2.24, 2.45) is 0 Å². The maximum absolute atomic E-state index is 13.3. The average molecular weight is 481 g/mol. The minimum Gasteiger partial charge on any atom is -0.493 e. The standard InChI is InChI=1S/C24H30Cl2N2O4/c1-6-19(23(30)27-24(2,3)4)28(14-16-11-12-17(25)13-18(16)26)22(29)15-32-21-10-8-7-9-20(21)31-5/h7-13,19H,6,14-15H2,1-5H3,(H,27,30).